The summed E-state index contributed by atoms with van der Waals surface area (Å²) in [4.78, 5) is 16.5. The van der Waals surface area contributed by atoms with Gasteiger partial charge in [-0.2, -0.15) is 0 Å². The maximum Gasteiger partial charge on any atom is 0.227 e. The van der Waals surface area contributed by atoms with Crippen LogP contribution in [-0.4, -0.2) is 74.7 Å². The van der Waals surface area contributed by atoms with Gasteiger partial charge in [-0.1, -0.05) is 0 Å². The average Bonchev–Trinajstić information content (AvgIpc) is 2.83. The van der Waals surface area contributed by atoms with Crippen molar-refractivity contribution in [2.75, 3.05) is 52.9 Å². The normalized spacial score (nSPS) is 29.4. The molecule has 2 saturated heterocycles. The number of likely N-dealkylation sites (N-methyl/N-ethyl adjacent to an activating group) is 1. The smallest absolute Gasteiger partial charge is 0.227 e. The van der Waals surface area contributed by atoms with E-state index >= 15 is 0 Å². The summed E-state index contributed by atoms with van der Waals surface area (Å²) in [6.07, 6.45) is 1.11. The van der Waals surface area contributed by atoms with E-state index in [9.17, 15) is 4.79 Å². The fourth-order valence-electron chi connectivity index (χ4n) is 2.64. The molecule has 0 saturated carbocycles. The third-order valence-electron chi connectivity index (χ3n) is 3.89. The number of ether oxygens (including phenoxy) is 1. The Hall–Kier alpha value is -0.650. The van der Waals surface area contributed by atoms with E-state index in [4.69, 9.17) is 4.74 Å². The first-order valence-electron chi connectivity index (χ1n) is 6.96. The SMILES string of the molecule is CC1CC(C(=O)N(C)CCN2CCNCC2)CO1. The number of rotatable bonds is 4. The van der Waals surface area contributed by atoms with Gasteiger partial charge in [-0.25, -0.2) is 0 Å². The van der Waals surface area contributed by atoms with Gasteiger partial charge < -0.3 is 15.0 Å². The van der Waals surface area contributed by atoms with E-state index in [1.165, 1.54) is 0 Å². The molecule has 0 aromatic rings. The lowest BCUT2D eigenvalue weighted by Crippen LogP contribution is -2.47. The molecule has 5 heteroatoms. The quantitative estimate of drug-likeness (QED) is 0.754. The molecule has 0 radical (unpaired) electrons. The van der Waals surface area contributed by atoms with Crippen LogP contribution in [0.3, 0.4) is 0 Å². The van der Waals surface area contributed by atoms with Crippen molar-refractivity contribution in [2.45, 2.75) is 19.4 Å². The molecule has 2 aliphatic rings. The number of amides is 1. The summed E-state index contributed by atoms with van der Waals surface area (Å²) in [6.45, 7) is 8.73. The molecule has 5 nitrogen and oxygen atoms in total. The number of nitrogens with zero attached hydrogens (tertiary/aromatic N) is 2. The summed E-state index contributed by atoms with van der Waals surface area (Å²) in [6, 6.07) is 0. The highest BCUT2D eigenvalue weighted by Crippen LogP contribution is 2.20. The zero-order valence-corrected chi connectivity index (χ0v) is 11.5. The summed E-state index contributed by atoms with van der Waals surface area (Å²) in [5.41, 5.74) is 0. The Morgan fingerprint density at radius 3 is 2.78 bits per heavy atom. The highest BCUT2D eigenvalue weighted by Gasteiger charge is 2.30. The second-order valence-electron chi connectivity index (χ2n) is 5.43. The largest absolute Gasteiger partial charge is 0.378 e. The molecular formula is C13H25N3O2. The van der Waals surface area contributed by atoms with Crippen molar-refractivity contribution >= 4 is 5.91 Å². The molecule has 0 aromatic heterocycles. The highest BCUT2D eigenvalue weighted by atomic mass is 16.5. The fourth-order valence-corrected chi connectivity index (χ4v) is 2.64. The Kier molecular flexibility index (Phi) is 4.97. The molecule has 2 heterocycles. The lowest BCUT2D eigenvalue weighted by atomic mass is 10.1. The van der Waals surface area contributed by atoms with Crippen LogP contribution in [0.1, 0.15) is 13.3 Å². The molecule has 0 aromatic carbocycles. The predicted octanol–water partition coefficient (Wildman–Crippen LogP) is -0.225. The molecule has 18 heavy (non-hydrogen) atoms. The van der Waals surface area contributed by atoms with Crippen LogP contribution >= 0.6 is 0 Å². The van der Waals surface area contributed by atoms with Crippen molar-refractivity contribution in [3.63, 3.8) is 0 Å². The molecular weight excluding hydrogens is 230 g/mol. The summed E-state index contributed by atoms with van der Waals surface area (Å²) >= 11 is 0. The third kappa shape index (κ3) is 3.67. The Morgan fingerprint density at radius 2 is 2.17 bits per heavy atom. The van der Waals surface area contributed by atoms with Crippen LogP contribution in [0.5, 0.6) is 0 Å². The van der Waals surface area contributed by atoms with Gasteiger partial charge in [0.05, 0.1) is 18.6 Å². The summed E-state index contributed by atoms with van der Waals surface area (Å²) in [7, 11) is 1.91. The summed E-state index contributed by atoms with van der Waals surface area (Å²) in [5, 5.41) is 3.34. The van der Waals surface area contributed by atoms with Gasteiger partial charge in [0, 0.05) is 46.3 Å². The summed E-state index contributed by atoms with van der Waals surface area (Å²) < 4.78 is 5.47. The molecule has 2 aliphatic heterocycles. The Balaban J connectivity index is 1.70. The number of carbonyl (C=O) groups excluding carboxylic acids is 1. The number of piperazine rings is 1. The van der Waals surface area contributed by atoms with Crippen molar-refractivity contribution in [3.8, 4) is 0 Å². The molecule has 2 fully saturated rings. The lowest BCUT2D eigenvalue weighted by molar-refractivity contribution is -0.134. The van der Waals surface area contributed by atoms with Gasteiger partial charge in [0.1, 0.15) is 0 Å². The van der Waals surface area contributed by atoms with E-state index in [2.05, 4.69) is 10.2 Å². The highest BCUT2D eigenvalue weighted by molar-refractivity contribution is 5.79. The van der Waals surface area contributed by atoms with Crippen LogP contribution in [0.25, 0.3) is 0 Å². The molecule has 104 valence electrons. The van der Waals surface area contributed by atoms with Gasteiger partial charge in [0.2, 0.25) is 5.91 Å². The van der Waals surface area contributed by atoms with Gasteiger partial charge in [-0.05, 0) is 13.3 Å². The monoisotopic (exact) mass is 255 g/mol. The van der Waals surface area contributed by atoms with E-state index < -0.39 is 0 Å². The molecule has 1 N–H and O–H groups in total. The second kappa shape index (κ2) is 6.50. The number of hydrogen-bond acceptors (Lipinski definition) is 4. The molecule has 0 spiro atoms. The molecule has 2 atom stereocenters. The van der Waals surface area contributed by atoms with E-state index in [-0.39, 0.29) is 17.9 Å². The van der Waals surface area contributed by atoms with Crippen LogP contribution < -0.4 is 5.32 Å². The molecule has 0 aliphatic carbocycles. The first kappa shape index (κ1) is 13.8. The van der Waals surface area contributed by atoms with Crippen molar-refractivity contribution in [1.29, 1.82) is 0 Å². The zero-order chi connectivity index (χ0) is 13.0. The van der Waals surface area contributed by atoms with Gasteiger partial charge >= 0.3 is 0 Å². The third-order valence-corrected chi connectivity index (χ3v) is 3.89. The van der Waals surface area contributed by atoms with Gasteiger partial charge in [-0.3, -0.25) is 9.69 Å². The first-order chi connectivity index (χ1) is 8.66. The molecule has 2 rings (SSSR count). The fraction of sp³-hybridized carbons (Fsp3) is 0.923. The standard InChI is InChI=1S/C13H25N3O2/c1-11-9-12(10-18-11)13(17)15(2)7-8-16-5-3-14-4-6-16/h11-12,14H,3-10H2,1-2H3. The molecule has 2 unspecified atom stereocenters. The van der Waals surface area contributed by atoms with Crippen LogP contribution in [0.2, 0.25) is 0 Å². The van der Waals surface area contributed by atoms with Crippen molar-refractivity contribution in [3.05, 3.63) is 0 Å². The van der Waals surface area contributed by atoms with E-state index in [0.717, 1.165) is 45.7 Å². The minimum atomic E-state index is 0.0769. The Morgan fingerprint density at radius 1 is 1.44 bits per heavy atom. The molecule has 1 amide bonds. The van der Waals surface area contributed by atoms with Crippen LogP contribution in [0.15, 0.2) is 0 Å². The van der Waals surface area contributed by atoms with Gasteiger partial charge in [0.25, 0.3) is 0 Å². The zero-order valence-electron chi connectivity index (χ0n) is 11.5. The van der Waals surface area contributed by atoms with Crippen molar-refractivity contribution in [1.82, 2.24) is 15.1 Å². The van der Waals surface area contributed by atoms with Crippen molar-refractivity contribution < 1.29 is 9.53 Å². The van der Waals surface area contributed by atoms with Gasteiger partial charge in [-0.15, -0.1) is 0 Å². The minimum absolute atomic E-state index is 0.0769. The van der Waals surface area contributed by atoms with E-state index in [1.807, 2.05) is 18.9 Å². The van der Waals surface area contributed by atoms with E-state index in [1.54, 1.807) is 0 Å². The predicted molar refractivity (Wildman–Crippen MR) is 70.5 cm³/mol. The van der Waals surface area contributed by atoms with Crippen LogP contribution in [0.4, 0.5) is 0 Å². The summed E-state index contributed by atoms with van der Waals surface area (Å²) in [5.74, 6) is 0.322. The maximum atomic E-state index is 12.2. The van der Waals surface area contributed by atoms with Gasteiger partial charge in [0.15, 0.2) is 0 Å². The topological polar surface area (TPSA) is 44.8 Å². The number of carbonyl (C=O) groups is 1. The Bertz CT molecular complexity index is 279. The first-order valence-corrected chi connectivity index (χ1v) is 6.96. The maximum absolute atomic E-state index is 12.2. The average molecular weight is 255 g/mol. The van der Waals surface area contributed by atoms with Crippen LogP contribution in [0, 0.1) is 5.92 Å². The second-order valence-corrected chi connectivity index (χ2v) is 5.43. The minimum Gasteiger partial charge on any atom is -0.378 e. The lowest BCUT2D eigenvalue weighted by Gasteiger charge is -2.29. The Labute approximate surface area is 109 Å². The van der Waals surface area contributed by atoms with Crippen LogP contribution in [-0.2, 0) is 9.53 Å². The molecule has 0 bridgehead atoms. The number of hydrogen-bond donors (Lipinski definition) is 1. The number of nitrogens with one attached hydrogen (secondary N) is 1. The van der Waals surface area contributed by atoms with Crippen molar-refractivity contribution in [2.24, 2.45) is 5.92 Å². The van der Waals surface area contributed by atoms with E-state index in [0.29, 0.717) is 6.61 Å².